The van der Waals surface area contributed by atoms with E-state index in [4.69, 9.17) is 5.11 Å². The molecule has 15 heavy (non-hydrogen) atoms. The monoisotopic (exact) mass is 223 g/mol. The van der Waals surface area contributed by atoms with Crippen molar-refractivity contribution in [2.75, 3.05) is 11.6 Å². The first-order valence-electron chi connectivity index (χ1n) is 4.48. The summed E-state index contributed by atoms with van der Waals surface area (Å²) in [6.07, 6.45) is 2.89. The molecule has 0 saturated carbocycles. The van der Waals surface area contributed by atoms with Gasteiger partial charge in [0.1, 0.15) is 0 Å². The molecule has 1 aromatic rings. The van der Waals surface area contributed by atoms with Gasteiger partial charge in [-0.1, -0.05) is 24.3 Å². The van der Waals surface area contributed by atoms with Gasteiger partial charge in [0.15, 0.2) is 0 Å². The van der Waals surface area contributed by atoms with Gasteiger partial charge in [0.25, 0.3) is 0 Å². The average Bonchev–Trinajstić information content (AvgIpc) is 2.21. The molecule has 0 heterocycles. The van der Waals surface area contributed by atoms with Crippen LogP contribution in [0.25, 0.3) is 4.91 Å². The van der Waals surface area contributed by atoms with E-state index in [0.29, 0.717) is 5.69 Å². The lowest BCUT2D eigenvalue weighted by atomic mass is 10.1. The fourth-order valence-electron chi connectivity index (χ4n) is 1.31. The highest BCUT2D eigenvalue weighted by molar-refractivity contribution is 8.07. The molecule has 2 N–H and O–H groups in total. The maximum atomic E-state index is 10.6. The topological polar surface area (TPSA) is 49.3 Å². The predicted octanol–water partition coefficient (Wildman–Crippen LogP) is 3.50. The summed E-state index contributed by atoms with van der Waals surface area (Å²) in [5.41, 5.74) is 1.53. The third-order valence-electron chi connectivity index (χ3n) is 1.92. The number of amides is 1. The quantitative estimate of drug-likeness (QED) is 0.824. The lowest BCUT2D eigenvalue weighted by Crippen LogP contribution is -2.08. The van der Waals surface area contributed by atoms with Crippen LogP contribution in [0, 0.1) is 0 Å². The number of hydrogen-bond acceptors (Lipinski definition) is 2. The lowest BCUT2D eigenvalue weighted by Gasteiger charge is -2.10. The van der Waals surface area contributed by atoms with E-state index in [1.165, 1.54) is 0 Å². The molecule has 0 aliphatic carbocycles. The Labute approximate surface area is 93.2 Å². The van der Waals surface area contributed by atoms with Crippen LogP contribution in [0.15, 0.2) is 30.3 Å². The number of carbonyl (C=O) groups is 1. The van der Waals surface area contributed by atoms with Gasteiger partial charge in [0, 0.05) is 10.5 Å². The molecular formula is C11H13NO2S. The van der Waals surface area contributed by atoms with Gasteiger partial charge in [-0.3, -0.25) is 5.32 Å². The van der Waals surface area contributed by atoms with Gasteiger partial charge in [0.2, 0.25) is 0 Å². The van der Waals surface area contributed by atoms with Crippen molar-refractivity contribution < 1.29 is 9.90 Å². The van der Waals surface area contributed by atoms with Crippen molar-refractivity contribution in [3.63, 3.8) is 0 Å². The molecule has 0 aliphatic heterocycles. The van der Waals surface area contributed by atoms with Crippen LogP contribution in [0.5, 0.6) is 0 Å². The van der Waals surface area contributed by atoms with Crippen LogP contribution in [0.2, 0.25) is 0 Å². The molecule has 0 saturated heterocycles. The van der Waals surface area contributed by atoms with Crippen LogP contribution >= 0.6 is 11.8 Å². The van der Waals surface area contributed by atoms with E-state index in [1.807, 2.05) is 37.5 Å². The zero-order valence-electron chi connectivity index (χ0n) is 8.65. The Kier molecular flexibility index (Phi) is 4.24. The number of hydrogen-bond donors (Lipinski definition) is 2. The van der Waals surface area contributed by atoms with Gasteiger partial charge >= 0.3 is 6.09 Å². The van der Waals surface area contributed by atoms with Crippen LogP contribution in [0.4, 0.5) is 10.5 Å². The van der Waals surface area contributed by atoms with E-state index >= 15 is 0 Å². The summed E-state index contributed by atoms with van der Waals surface area (Å²) in [6, 6.07) is 7.35. The molecule has 1 amide bonds. The third-order valence-corrected chi connectivity index (χ3v) is 2.81. The zero-order chi connectivity index (χ0) is 11.3. The van der Waals surface area contributed by atoms with E-state index < -0.39 is 6.09 Å². The van der Waals surface area contributed by atoms with Crippen molar-refractivity contribution in [1.82, 2.24) is 0 Å². The third kappa shape index (κ3) is 3.02. The number of allylic oxidation sites excluding steroid dienone is 1. The van der Waals surface area contributed by atoms with E-state index in [-0.39, 0.29) is 0 Å². The first-order chi connectivity index (χ1) is 7.19. The Morgan fingerprint density at radius 1 is 1.47 bits per heavy atom. The van der Waals surface area contributed by atoms with Crippen molar-refractivity contribution >= 4 is 28.4 Å². The molecule has 0 atom stereocenters. The summed E-state index contributed by atoms with van der Waals surface area (Å²) >= 11 is 1.59. The largest absolute Gasteiger partial charge is 0.465 e. The Hall–Kier alpha value is -1.42. The molecular weight excluding hydrogens is 210 g/mol. The van der Waals surface area contributed by atoms with Crippen molar-refractivity contribution in [1.29, 1.82) is 0 Å². The lowest BCUT2D eigenvalue weighted by molar-refractivity contribution is 0.209. The Morgan fingerprint density at radius 3 is 2.67 bits per heavy atom. The average molecular weight is 223 g/mol. The predicted molar refractivity (Wildman–Crippen MR) is 65.3 cm³/mol. The van der Waals surface area contributed by atoms with Crippen molar-refractivity contribution in [2.24, 2.45) is 0 Å². The zero-order valence-corrected chi connectivity index (χ0v) is 9.47. The van der Waals surface area contributed by atoms with Crippen LogP contribution in [-0.2, 0) is 0 Å². The van der Waals surface area contributed by atoms with E-state index in [0.717, 1.165) is 10.5 Å². The number of rotatable bonds is 3. The van der Waals surface area contributed by atoms with Crippen LogP contribution in [0.3, 0.4) is 0 Å². The second-order valence-electron chi connectivity index (χ2n) is 2.83. The van der Waals surface area contributed by atoms with E-state index in [1.54, 1.807) is 17.8 Å². The Balaban J connectivity index is 3.11. The number of benzene rings is 1. The first kappa shape index (κ1) is 11.7. The molecule has 0 bridgehead atoms. The molecule has 1 aromatic carbocycles. The van der Waals surface area contributed by atoms with Crippen LogP contribution < -0.4 is 5.32 Å². The van der Waals surface area contributed by atoms with Crippen molar-refractivity contribution in [2.45, 2.75) is 6.92 Å². The summed E-state index contributed by atoms with van der Waals surface area (Å²) < 4.78 is 0. The molecule has 0 radical (unpaired) electrons. The second kappa shape index (κ2) is 5.46. The first-order valence-corrected chi connectivity index (χ1v) is 5.71. The fourth-order valence-corrected chi connectivity index (χ4v) is 1.94. The molecule has 3 nitrogen and oxygen atoms in total. The number of thioether (sulfide) groups is 1. The minimum absolute atomic E-state index is 0.618. The SMILES string of the molecule is C/C=C(\SC)c1ccccc1NC(=O)O. The molecule has 1 rings (SSSR count). The molecule has 0 aliphatic rings. The Bertz CT molecular complexity index is 388. The minimum atomic E-state index is -1.04. The van der Waals surface area contributed by atoms with Gasteiger partial charge in [-0.25, -0.2) is 4.79 Å². The maximum Gasteiger partial charge on any atom is 0.409 e. The normalized spacial score (nSPS) is 11.2. The van der Waals surface area contributed by atoms with Crippen LogP contribution in [-0.4, -0.2) is 17.5 Å². The van der Waals surface area contributed by atoms with Gasteiger partial charge in [0.05, 0.1) is 5.69 Å². The Morgan fingerprint density at radius 2 is 2.13 bits per heavy atom. The summed E-state index contributed by atoms with van der Waals surface area (Å²) in [5.74, 6) is 0. The summed E-state index contributed by atoms with van der Waals surface area (Å²) in [5, 5.41) is 11.1. The molecule has 4 heteroatoms. The molecule has 0 spiro atoms. The van der Waals surface area contributed by atoms with Gasteiger partial charge in [-0.05, 0) is 19.2 Å². The van der Waals surface area contributed by atoms with Crippen molar-refractivity contribution in [3.05, 3.63) is 35.9 Å². The van der Waals surface area contributed by atoms with Gasteiger partial charge in [-0.2, -0.15) is 0 Å². The molecule has 0 aromatic heterocycles. The highest BCUT2D eigenvalue weighted by Gasteiger charge is 2.07. The summed E-state index contributed by atoms with van der Waals surface area (Å²) in [7, 11) is 0. The number of para-hydroxylation sites is 1. The highest BCUT2D eigenvalue weighted by atomic mass is 32.2. The fraction of sp³-hybridized carbons (Fsp3) is 0.182. The van der Waals surface area contributed by atoms with Gasteiger partial charge < -0.3 is 5.11 Å². The number of carboxylic acid groups (broad SMARTS) is 1. The molecule has 80 valence electrons. The van der Waals surface area contributed by atoms with E-state index in [2.05, 4.69) is 5.32 Å². The number of anilines is 1. The molecule has 0 unspecified atom stereocenters. The highest BCUT2D eigenvalue weighted by Crippen LogP contribution is 2.30. The maximum absolute atomic E-state index is 10.6. The molecule has 0 fully saturated rings. The second-order valence-corrected chi connectivity index (χ2v) is 3.68. The summed E-state index contributed by atoms with van der Waals surface area (Å²) in [4.78, 5) is 11.6. The smallest absolute Gasteiger partial charge is 0.409 e. The standard InChI is InChI=1S/C11H13NO2S/c1-3-10(15-2)8-6-4-5-7-9(8)12-11(13)14/h3-7,12H,1-2H3,(H,13,14)/b10-3-. The van der Waals surface area contributed by atoms with Gasteiger partial charge in [-0.15, -0.1) is 11.8 Å². The van der Waals surface area contributed by atoms with E-state index in [9.17, 15) is 4.79 Å². The number of nitrogens with one attached hydrogen (secondary N) is 1. The van der Waals surface area contributed by atoms with Crippen LogP contribution in [0.1, 0.15) is 12.5 Å². The summed E-state index contributed by atoms with van der Waals surface area (Å²) in [6.45, 7) is 1.93. The van der Waals surface area contributed by atoms with Crippen molar-refractivity contribution in [3.8, 4) is 0 Å². The minimum Gasteiger partial charge on any atom is -0.465 e.